The lowest BCUT2D eigenvalue weighted by molar-refractivity contribution is 0.412. The monoisotopic (exact) mass is 238 g/mol. The quantitative estimate of drug-likeness (QED) is 0.741. The number of H-pyrrole nitrogens is 1. The predicted octanol–water partition coefficient (Wildman–Crippen LogP) is 3.55. The van der Waals surface area contributed by atoms with Crippen LogP contribution >= 0.6 is 0 Å². The molecule has 0 aliphatic rings. The molecule has 1 aromatic carbocycles. The fourth-order valence-corrected chi connectivity index (χ4v) is 2.17. The molecule has 0 aliphatic carbocycles. The number of aromatic nitrogens is 2. The summed E-state index contributed by atoms with van der Waals surface area (Å²) in [7, 11) is 1.69. The largest absolute Gasteiger partial charge is 0.496 e. The molecule has 1 N–H and O–H groups in total. The summed E-state index contributed by atoms with van der Waals surface area (Å²) in [6, 6.07) is 10.3. The van der Waals surface area contributed by atoms with Crippen molar-refractivity contribution in [1.82, 2.24) is 9.97 Å². The smallest absolute Gasteiger partial charge is 0.123 e. The molecule has 2 aromatic heterocycles. The van der Waals surface area contributed by atoms with Gasteiger partial charge in [-0.1, -0.05) is 0 Å². The Hall–Kier alpha value is -2.29. The molecule has 0 saturated carbocycles. The van der Waals surface area contributed by atoms with Gasteiger partial charge in [0.15, 0.2) is 0 Å². The molecular weight excluding hydrogens is 224 g/mol. The summed E-state index contributed by atoms with van der Waals surface area (Å²) in [6.45, 7) is 2.05. The zero-order valence-electron chi connectivity index (χ0n) is 10.4. The minimum Gasteiger partial charge on any atom is -0.496 e. The van der Waals surface area contributed by atoms with E-state index >= 15 is 0 Å². The lowest BCUT2D eigenvalue weighted by Crippen LogP contribution is -1.86. The molecular formula is C15H14N2O. The van der Waals surface area contributed by atoms with Crippen molar-refractivity contribution < 1.29 is 4.74 Å². The van der Waals surface area contributed by atoms with Gasteiger partial charge in [0.25, 0.3) is 0 Å². The molecule has 3 aromatic rings. The van der Waals surface area contributed by atoms with Crippen LogP contribution < -0.4 is 4.74 Å². The van der Waals surface area contributed by atoms with Gasteiger partial charge in [-0.25, -0.2) is 0 Å². The van der Waals surface area contributed by atoms with Crippen LogP contribution in [-0.4, -0.2) is 17.1 Å². The molecule has 0 spiro atoms. The zero-order chi connectivity index (χ0) is 12.5. The zero-order valence-corrected chi connectivity index (χ0v) is 10.4. The van der Waals surface area contributed by atoms with Gasteiger partial charge in [-0.3, -0.25) is 4.98 Å². The summed E-state index contributed by atoms with van der Waals surface area (Å²) < 4.78 is 5.34. The van der Waals surface area contributed by atoms with Gasteiger partial charge in [0.2, 0.25) is 0 Å². The predicted molar refractivity (Wildman–Crippen MR) is 72.8 cm³/mol. The number of nitrogens with one attached hydrogen (secondary N) is 1. The van der Waals surface area contributed by atoms with Gasteiger partial charge in [-0.15, -0.1) is 0 Å². The molecule has 0 fully saturated rings. The van der Waals surface area contributed by atoms with Crippen molar-refractivity contribution in [2.24, 2.45) is 0 Å². The maximum Gasteiger partial charge on any atom is 0.123 e. The number of aromatic amines is 1. The normalized spacial score (nSPS) is 10.8. The average Bonchev–Trinajstić information content (AvgIpc) is 2.81. The van der Waals surface area contributed by atoms with E-state index in [1.54, 1.807) is 13.3 Å². The van der Waals surface area contributed by atoms with Crippen LogP contribution in [0.4, 0.5) is 0 Å². The Morgan fingerprint density at radius 1 is 1.22 bits per heavy atom. The lowest BCUT2D eigenvalue weighted by atomic mass is 10.1. The second-order valence-electron chi connectivity index (χ2n) is 4.33. The number of hydrogen-bond acceptors (Lipinski definition) is 2. The summed E-state index contributed by atoms with van der Waals surface area (Å²) in [5.41, 5.74) is 4.38. The van der Waals surface area contributed by atoms with Crippen LogP contribution in [0.3, 0.4) is 0 Å². The molecule has 0 atom stereocenters. The molecule has 3 nitrogen and oxygen atoms in total. The Labute approximate surface area is 105 Å². The highest BCUT2D eigenvalue weighted by molar-refractivity contribution is 5.87. The molecule has 3 heteroatoms. The van der Waals surface area contributed by atoms with Gasteiger partial charge in [0.1, 0.15) is 5.75 Å². The van der Waals surface area contributed by atoms with Crippen LogP contribution in [0.5, 0.6) is 5.75 Å². The van der Waals surface area contributed by atoms with E-state index in [1.807, 2.05) is 24.4 Å². The SMILES string of the molecule is COc1cc2[nH]c(-c3cccnc3)cc2cc1C. The number of hydrogen-bond donors (Lipinski definition) is 1. The molecule has 0 radical (unpaired) electrons. The molecule has 0 bridgehead atoms. The van der Waals surface area contributed by atoms with E-state index in [-0.39, 0.29) is 0 Å². The van der Waals surface area contributed by atoms with Crippen molar-refractivity contribution in [1.29, 1.82) is 0 Å². The lowest BCUT2D eigenvalue weighted by Gasteiger charge is -2.03. The average molecular weight is 238 g/mol. The van der Waals surface area contributed by atoms with E-state index in [4.69, 9.17) is 4.74 Å². The highest BCUT2D eigenvalue weighted by atomic mass is 16.5. The minimum atomic E-state index is 0.905. The van der Waals surface area contributed by atoms with E-state index in [2.05, 4.69) is 29.0 Å². The number of aryl methyl sites for hydroxylation is 1. The van der Waals surface area contributed by atoms with Crippen molar-refractivity contribution in [2.45, 2.75) is 6.92 Å². The Bertz CT molecular complexity index is 686. The van der Waals surface area contributed by atoms with Gasteiger partial charge < -0.3 is 9.72 Å². The first-order valence-corrected chi connectivity index (χ1v) is 5.85. The fraction of sp³-hybridized carbons (Fsp3) is 0.133. The first-order chi connectivity index (χ1) is 8.78. The van der Waals surface area contributed by atoms with E-state index < -0.39 is 0 Å². The van der Waals surface area contributed by atoms with Crippen molar-refractivity contribution in [3.63, 3.8) is 0 Å². The summed E-state index contributed by atoms with van der Waals surface area (Å²) in [5, 5.41) is 1.19. The Morgan fingerprint density at radius 3 is 2.83 bits per heavy atom. The standard InChI is InChI=1S/C15H14N2O/c1-10-6-12-7-13(11-4-3-5-16-9-11)17-14(12)8-15(10)18-2/h3-9,17H,1-2H3. The summed E-state index contributed by atoms with van der Waals surface area (Å²) in [5.74, 6) is 0.905. The number of fused-ring (bicyclic) bond motifs is 1. The van der Waals surface area contributed by atoms with E-state index in [9.17, 15) is 0 Å². The second kappa shape index (κ2) is 4.18. The number of nitrogens with zero attached hydrogens (tertiary/aromatic N) is 1. The molecule has 0 unspecified atom stereocenters. The van der Waals surface area contributed by atoms with Crippen LogP contribution in [0.15, 0.2) is 42.7 Å². The summed E-state index contributed by atoms with van der Waals surface area (Å²) in [4.78, 5) is 7.53. The second-order valence-corrected chi connectivity index (χ2v) is 4.33. The molecule has 2 heterocycles. The van der Waals surface area contributed by atoms with Gasteiger partial charge in [-0.05, 0) is 36.8 Å². The summed E-state index contributed by atoms with van der Waals surface area (Å²) in [6.07, 6.45) is 3.63. The highest BCUT2D eigenvalue weighted by Gasteiger charge is 2.06. The van der Waals surface area contributed by atoms with E-state index in [0.717, 1.165) is 28.1 Å². The van der Waals surface area contributed by atoms with Crippen LogP contribution in [0, 0.1) is 6.92 Å². The number of methoxy groups -OCH3 is 1. The van der Waals surface area contributed by atoms with Crippen LogP contribution in [0.2, 0.25) is 0 Å². The topological polar surface area (TPSA) is 37.9 Å². The van der Waals surface area contributed by atoms with E-state index in [1.165, 1.54) is 5.39 Å². The Morgan fingerprint density at radius 2 is 2.11 bits per heavy atom. The first-order valence-electron chi connectivity index (χ1n) is 5.85. The van der Waals surface area contributed by atoms with Crippen LogP contribution in [0.25, 0.3) is 22.2 Å². The molecule has 0 saturated heterocycles. The minimum absolute atomic E-state index is 0.905. The van der Waals surface area contributed by atoms with Crippen molar-refractivity contribution in [3.05, 3.63) is 48.3 Å². The third-order valence-electron chi connectivity index (χ3n) is 3.11. The maximum absolute atomic E-state index is 5.34. The van der Waals surface area contributed by atoms with Crippen LogP contribution in [-0.2, 0) is 0 Å². The molecule has 0 aliphatic heterocycles. The van der Waals surface area contributed by atoms with Gasteiger partial charge >= 0.3 is 0 Å². The number of rotatable bonds is 2. The first kappa shape index (κ1) is 10.8. The Kier molecular flexibility index (Phi) is 2.52. The molecule has 0 amide bonds. The number of pyridine rings is 1. The van der Waals surface area contributed by atoms with Gasteiger partial charge in [0, 0.05) is 40.6 Å². The molecule has 90 valence electrons. The number of ether oxygens (including phenoxy) is 1. The highest BCUT2D eigenvalue weighted by Crippen LogP contribution is 2.28. The fourth-order valence-electron chi connectivity index (χ4n) is 2.17. The number of benzene rings is 1. The summed E-state index contributed by atoms with van der Waals surface area (Å²) >= 11 is 0. The van der Waals surface area contributed by atoms with E-state index in [0.29, 0.717) is 0 Å². The van der Waals surface area contributed by atoms with Gasteiger partial charge in [-0.2, -0.15) is 0 Å². The van der Waals surface area contributed by atoms with Crippen molar-refractivity contribution >= 4 is 10.9 Å². The van der Waals surface area contributed by atoms with Crippen molar-refractivity contribution in [3.8, 4) is 17.0 Å². The van der Waals surface area contributed by atoms with Crippen LogP contribution in [0.1, 0.15) is 5.56 Å². The molecule has 3 rings (SSSR count). The third kappa shape index (κ3) is 1.74. The van der Waals surface area contributed by atoms with Crippen molar-refractivity contribution in [2.75, 3.05) is 7.11 Å². The third-order valence-corrected chi connectivity index (χ3v) is 3.11. The maximum atomic E-state index is 5.34. The molecule has 18 heavy (non-hydrogen) atoms. The Balaban J connectivity index is 2.17. The van der Waals surface area contributed by atoms with Gasteiger partial charge in [0.05, 0.1) is 7.11 Å².